The minimum Gasteiger partial charge on any atom is -0.480 e. The molecule has 0 saturated heterocycles. The smallest absolute Gasteiger partial charge is 0.326 e. The van der Waals surface area contributed by atoms with E-state index >= 15 is 0 Å². The molecule has 198 valence electrons. The molecule has 0 aliphatic carbocycles. The summed E-state index contributed by atoms with van der Waals surface area (Å²) in [6, 6.07) is 12.3. The molecule has 1 aliphatic heterocycles. The van der Waals surface area contributed by atoms with Crippen molar-refractivity contribution in [3.8, 4) is 5.88 Å². The van der Waals surface area contributed by atoms with Gasteiger partial charge in [0.25, 0.3) is 11.8 Å². The molecular weight excluding hydrogens is 504 g/mol. The molecule has 0 spiro atoms. The number of hydrogen-bond donors (Lipinski definition) is 3. The molecule has 12 heteroatoms. The Kier molecular flexibility index (Phi) is 7.00. The summed E-state index contributed by atoms with van der Waals surface area (Å²) in [5.41, 5.74) is 8.80. The third-order valence-electron chi connectivity index (χ3n) is 6.48. The number of ketones is 1. The lowest BCUT2D eigenvalue weighted by atomic mass is 10.0. The number of imide groups is 1. The highest BCUT2D eigenvalue weighted by molar-refractivity contribution is 6.22. The number of carboxylic acids is 1. The second-order valence-electron chi connectivity index (χ2n) is 9.05. The quantitative estimate of drug-likeness (QED) is 0.245. The third kappa shape index (κ3) is 5.30. The van der Waals surface area contributed by atoms with Crippen molar-refractivity contribution >= 4 is 40.7 Å². The third-order valence-corrected chi connectivity index (χ3v) is 6.48. The number of Topliss-reactive ketones (excluding diaryl/α,β-unsaturated/α-hetero) is 1. The zero-order valence-electron chi connectivity index (χ0n) is 20.7. The monoisotopic (exact) mass is 528 g/mol. The van der Waals surface area contributed by atoms with Gasteiger partial charge in [-0.3, -0.25) is 19.3 Å². The maximum Gasteiger partial charge on any atom is 0.326 e. The number of aryl methyl sites for hydroxylation is 1. The van der Waals surface area contributed by atoms with Crippen LogP contribution in [-0.4, -0.2) is 59.6 Å². The molecule has 12 nitrogen and oxygen atoms in total. The van der Waals surface area contributed by atoms with Gasteiger partial charge in [-0.2, -0.15) is 9.97 Å². The highest BCUT2D eigenvalue weighted by Crippen LogP contribution is 2.26. The Labute approximate surface area is 221 Å². The van der Waals surface area contributed by atoms with Gasteiger partial charge in [-0.1, -0.05) is 36.4 Å². The Bertz CT molecular complexity index is 1550. The van der Waals surface area contributed by atoms with Crippen LogP contribution >= 0.6 is 0 Å². The number of carboxylic acid groups (broad SMARTS) is 1. The average molecular weight is 529 g/mol. The highest BCUT2D eigenvalue weighted by atomic mass is 16.5. The first-order valence-electron chi connectivity index (χ1n) is 12.2. The molecular formula is C27H24N6O6. The van der Waals surface area contributed by atoms with E-state index in [0.717, 1.165) is 16.0 Å². The summed E-state index contributed by atoms with van der Waals surface area (Å²) in [7, 11) is 0. The van der Waals surface area contributed by atoms with Crippen molar-refractivity contribution in [2.45, 2.75) is 38.3 Å². The lowest BCUT2D eigenvalue weighted by Gasteiger charge is -2.22. The maximum atomic E-state index is 12.7. The fourth-order valence-electron chi connectivity index (χ4n) is 4.44. The Morgan fingerprint density at radius 3 is 2.31 bits per heavy atom. The van der Waals surface area contributed by atoms with Crippen molar-refractivity contribution < 1.29 is 29.0 Å². The summed E-state index contributed by atoms with van der Waals surface area (Å²) in [4.78, 5) is 65.6. The van der Waals surface area contributed by atoms with E-state index in [4.69, 9.17) is 10.5 Å². The van der Waals surface area contributed by atoms with Crippen molar-refractivity contribution in [1.82, 2.24) is 24.8 Å². The predicted molar refractivity (Wildman–Crippen MR) is 138 cm³/mol. The number of aliphatic carboxylic acids is 1. The maximum absolute atomic E-state index is 12.7. The SMILES string of the molecule is Nc1nc(OCc2ccc(CCC(=O)CCC(C(=O)O)N3C(=O)c4ccccc4C3=O)cc2)c2[nH]cnc2n1. The number of H-pyrrole nitrogens is 1. The van der Waals surface area contributed by atoms with Crippen molar-refractivity contribution in [1.29, 1.82) is 0 Å². The van der Waals surface area contributed by atoms with Crippen LogP contribution in [0, 0.1) is 0 Å². The minimum atomic E-state index is -1.41. The number of imidazole rings is 1. The van der Waals surface area contributed by atoms with E-state index in [0.29, 0.717) is 23.5 Å². The topological polar surface area (TPSA) is 181 Å². The summed E-state index contributed by atoms with van der Waals surface area (Å²) in [6.07, 6.45) is 1.92. The van der Waals surface area contributed by atoms with E-state index in [9.17, 15) is 24.3 Å². The van der Waals surface area contributed by atoms with Crippen molar-refractivity contribution in [2.24, 2.45) is 0 Å². The van der Waals surface area contributed by atoms with Crippen LogP contribution < -0.4 is 10.5 Å². The fourth-order valence-corrected chi connectivity index (χ4v) is 4.44. The van der Waals surface area contributed by atoms with Gasteiger partial charge in [0.1, 0.15) is 23.9 Å². The Hall–Kier alpha value is -5.13. The number of amides is 2. The lowest BCUT2D eigenvalue weighted by molar-refractivity contribution is -0.141. The molecule has 0 radical (unpaired) electrons. The average Bonchev–Trinajstić information content (AvgIpc) is 3.50. The standard InChI is InChI=1S/C27H24N6O6/c28-27-31-22-21(29-14-30-22)23(32-27)39-13-16-7-5-15(6-8-16)9-10-17(34)11-12-20(26(37)38)33-24(35)18-3-1-2-4-19(18)25(33)36/h1-8,14,20H,9-13H2,(H,37,38)(H3,28,29,30,31,32). The molecule has 2 aromatic carbocycles. The molecule has 2 aromatic heterocycles. The van der Waals surface area contributed by atoms with Crippen LogP contribution in [0.1, 0.15) is 51.1 Å². The van der Waals surface area contributed by atoms with Crippen LogP contribution in [0.5, 0.6) is 5.88 Å². The van der Waals surface area contributed by atoms with Crippen LogP contribution in [0.3, 0.4) is 0 Å². The van der Waals surface area contributed by atoms with Crippen LogP contribution in [0.25, 0.3) is 11.2 Å². The fraction of sp³-hybridized carbons (Fsp3) is 0.222. The van der Waals surface area contributed by atoms with Gasteiger partial charge in [-0.05, 0) is 36.1 Å². The molecule has 5 rings (SSSR count). The highest BCUT2D eigenvalue weighted by Gasteiger charge is 2.42. The number of rotatable bonds is 11. The molecule has 0 fully saturated rings. The number of nitrogen functional groups attached to an aromatic ring is 1. The van der Waals surface area contributed by atoms with Crippen LogP contribution in [0.2, 0.25) is 0 Å². The zero-order valence-corrected chi connectivity index (χ0v) is 20.7. The van der Waals surface area contributed by atoms with Crippen molar-refractivity contribution in [3.05, 3.63) is 77.1 Å². The number of nitrogens with zero attached hydrogens (tertiary/aromatic N) is 4. The minimum absolute atomic E-state index is 0.0583. The van der Waals surface area contributed by atoms with Crippen LogP contribution in [0.15, 0.2) is 54.9 Å². The molecule has 1 atom stereocenters. The molecule has 1 aliphatic rings. The van der Waals surface area contributed by atoms with E-state index in [1.54, 1.807) is 12.1 Å². The number of ether oxygens (including phenoxy) is 1. The van der Waals surface area contributed by atoms with E-state index in [1.807, 2.05) is 24.3 Å². The van der Waals surface area contributed by atoms with Gasteiger partial charge in [-0.15, -0.1) is 0 Å². The van der Waals surface area contributed by atoms with E-state index in [-0.39, 0.29) is 48.7 Å². The van der Waals surface area contributed by atoms with E-state index in [1.165, 1.54) is 18.5 Å². The van der Waals surface area contributed by atoms with Gasteiger partial charge in [0, 0.05) is 12.8 Å². The summed E-state index contributed by atoms with van der Waals surface area (Å²) >= 11 is 0. The molecule has 0 bridgehead atoms. The number of anilines is 1. The van der Waals surface area contributed by atoms with Gasteiger partial charge in [0.2, 0.25) is 11.8 Å². The number of carbonyl (C=O) groups excluding carboxylic acids is 3. The lowest BCUT2D eigenvalue weighted by Crippen LogP contribution is -2.45. The van der Waals surface area contributed by atoms with Gasteiger partial charge in [0.15, 0.2) is 5.65 Å². The largest absolute Gasteiger partial charge is 0.480 e. The van der Waals surface area contributed by atoms with E-state index < -0.39 is 23.8 Å². The normalized spacial score (nSPS) is 13.5. The van der Waals surface area contributed by atoms with Gasteiger partial charge in [-0.25, -0.2) is 9.78 Å². The molecule has 3 heterocycles. The number of aromatic nitrogens is 4. The molecule has 2 amide bonds. The number of aromatic amines is 1. The molecule has 4 N–H and O–H groups in total. The van der Waals surface area contributed by atoms with Crippen molar-refractivity contribution in [2.75, 3.05) is 5.73 Å². The Morgan fingerprint density at radius 2 is 1.64 bits per heavy atom. The van der Waals surface area contributed by atoms with Crippen LogP contribution in [-0.2, 0) is 22.6 Å². The second kappa shape index (κ2) is 10.7. The van der Waals surface area contributed by atoms with Crippen molar-refractivity contribution in [3.63, 3.8) is 0 Å². The second-order valence-corrected chi connectivity index (χ2v) is 9.05. The van der Waals surface area contributed by atoms with Crippen LogP contribution in [0.4, 0.5) is 5.95 Å². The molecule has 39 heavy (non-hydrogen) atoms. The molecule has 4 aromatic rings. The molecule has 1 unspecified atom stereocenters. The summed E-state index contributed by atoms with van der Waals surface area (Å²) < 4.78 is 5.78. The summed E-state index contributed by atoms with van der Waals surface area (Å²) in [5.74, 6) is -2.44. The first-order valence-corrected chi connectivity index (χ1v) is 12.2. The number of fused-ring (bicyclic) bond motifs is 2. The number of benzene rings is 2. The molecule has 0 saturated carbocycles. The van der Waals surface area contributed by atoms with Gasteiger partial charge >= 0.3 is 5.97 Å². The number of nitrogens with two attached hydrogens (primary N) is 1. The predicted octanol–water partition coefficient (Wildman–Crippen LogP) is 2.55. The number of hydrogen-bond acceptors (Lipinski definition) is 9. The van der Waals surface area contributed by atoms with Gasteiger partial charge in [0.05, 0.1) is 17.5 Å². The van der Waals surface area contributed by atoms with Gasteiger partial charge < -0.3 is 20.6 Å². The first kappa shape index (κ1) is 25.5. The Morgan fingerprint density at radius 1 is 0.974 bits per heavy atom. The summed E-state index contributed by atoms with van der Waals surface area (Å²) in [6.45, 7) is 0.234. The number of nitrogens with one attached hydrogen (secondary N) is 1. The zero-order chi connectivity index (χ0) is 27.5. The Balaban J connectivity index is 1.12. The number of carbonyl (C=O) groups is 4. The van der Waals surface area contributed by atoms with E-state index in [2.05, 4.69) is 19.9 Å². The first-order chi connectivity index (χ1) is 18.8. The summed E-state index contributed by atoms with van der Waals surface area (Å²) in [5, 5.41) is 9.68.